The summed E-state index contributed by atoms with van der Waals surface area (Å²) < 4.78 is 5.20. The van der Waals surface area contributed by atoms with Gasteiger partial charge in [0.2, 0.25) is 0 Å². The fourth-order valence-corrected chi connectivity index (χ4v) is 2.80. The zero-order valence-corrected chi connectivity index (χ0v) is 18.9. The fraction of sp³-hybridized carbons (Fsp3) is 0.579. The zero-order chi connectivity index (χ0) is 19.0. The van der Waals surface area contributed by atoms with Crippen LogP contribution in [0.15, 0.2) is 35.3 Å². The second kappa shape index (κ2) is 11.2. The molecule has 2 rings (SSSR count). The maximum atomic E-state index is 11.6. The standard InChI is InChI=1S/C19H31N5O2.HI/c1-19(2,3)26-18(25)22-12-11-21-17(20-4)23-15-10-13-24(14-15)16-8-6-5-7-9-16;/h5-9,15H,10-14H2,1-4H3,(H,22,25)(H2,20,21,23);1H. The fourth-order valence-electron chi connectivity index (χ4n) is 2.80. The predicted molar refractivity (Wildman–Crippen MR) is 121 cm³/mol. The summed E-state index contributed by atoms with van der Waals surface area (Å²) >= 11 is 0. The van der Waals surface area contributed by atoms with Crippen molar-refractivity contribution in [1.82, 2.24) is 16.0 Å². The topological polar surface area (TPSA) is 78.0 Å². The van der Waals surface area contributed by atoms with Crippen molar-refractivity contribution < 1.29 is 9.53 Å². The first-order valence-electron chi connectivity index (χ1n) is 9.11. The van der Waals surface area contributed by atoms with E-state index in [9.17, 15) is 4.79 Å². The molecule has 1 aliphatic heterocycles. The molecule has 0 spiro atoms. The van der Waals surface area contributed by atoms with Crippen LogP contribution in [0.5, 0.6) is 0 Å². The van der Waals surface area contributed by atoms with Crippen molar-refractivity contribution in [2.24, 2.45) is 4.99 Å². The molecule has 1 saturated heterocycles. The van der Waals surface area contributed by atoms with Crippen LogP contribution in [-0.4, -0.2) is 56.9 Å². The van der Waals surface area contributed by atoms with Crippen molar-refractivity contribution in [2.75, 3.05) is 38.1 Å². The normalized spacial score (nSPS) is 17.1. The second-order valence-corrected chi connectivity index (χ2v) is 7.34. The first kappa shape index (κ1) is 23.3. The number of hydrogen-bond donors (Lipinski definition) is 3. The number of nitrogens with zero attached hydrogens (tertiary/aromatic N) is 2. The van der Waals surface area contributed by atoms with Crippen LogP contribution < -0.4 is 20.9 Å². The number of para-hydroxylation sites is 1. The molecule has 1 aliphatic rings. The molecule has 1 atom stereocenters. The van der Waals surface area contributed by atoms with Gasteiger partial charge in [0.15, 0.2) is 5.96 Å². The number of benzene rings is 1. The van der Waals surface area contributed by atoms with Crippen molar-refractivity contribution in [3.8, 4) is 0 Å². The Kier molecular flexibility index (Phi) is 9.68. The third-order valence-electron chi connectivity index (χ3n) is 3.96. The number of ether oxygens (including phenoxy) is 1. The van der Waals surface area contributed by atoms with Crippen molar-refractivity contribution in [2.45, 2.75) is 38.8 Å². The molecule has 1 amide bonds. The Bertz CT molecular complexity index is 604. The number of halogens is 1. The molecular weight excluding hydrogens is 457 g/mol. The summed E-state index contributed by atoms with van der Waals surface area (Å²) in [5, 5.41) is 9.39. The van der Waals surface area contributed by atoms with Gasteiger partial charge in [0.1, 0.15) is 5.60 Å². The smallest absolute Gasteiger partial charge is 0.407 e. The van der Waals surface area contributed by atoms with Crippen molar-refractivity contribution in [1.29, 1.82) is 0 Å². The Morgan fingerprint density at radius 1 is 1.22 bits per heavy atom. The van der Waals surface area contributed by atoms with Gasteiger partial charge in [0.05, 0.1) is 0 Å². The highest BCUT2D eigenvalue weighted by Gasteiger charge is 2.23. The number of nitrogens with one attached hydrogen (secondary N) is 3. The number of amides is 1. The highest BCUT2D eigenvalue weighted by Crippen LogP contribution is 2.19. The number of carbonyl (C=O) groups is 1. The van der Waals surface area contributed by atoms with E-state index < -0.39 is 11.7 Å². The van der Waals surface area contributed by atoms with Crippen molar-refractivity contribution in [3.05, 3.63) is 30.3 Å². The molecule has 1 aromatic carbocycles. The van der Waals surface area contributed by atoms with Gasteiger partial charge in [-0.1, -0.05) is 18.2 Å². The predicted octanol–water partition coefficient (Wildman–Crippen LogP) is 2.57. The molecule has 1 aromatic rings. The van der Waals surface area contributed by atoms with Gasteiger partial charge in [-0.2, -0.15) is 0 Å². The summed E-state index contributed by atoms with van der Waals surface area (Å²) in [6.45, 7) is 8.55. The monoisotopic (exact) mass is 489 g/mol. The maximum absolute atomic E-state index is 11.6. The molecule has 0 radical (unpaired) electrons. The molecule has 0 bridgehead atoms. The number of alkyl carbamates (subject to hydrolysis) is 1. The zero-order valence-electron chi connectivity index (χ0n) is 16.6. The van der Waals surface area contributed by atoms with Crippen LogP contribution in [0.25, 0.3) is 0 Å². The SMILES string of the molecule is CN=C(NCCNC(=O)OC(C)(C)C)NC1CCN(c2ccccc2)C1.I. The van der Waals surface area contributed by atoms with Gasteiger partial charge in [-0.3, -0.25) is 4.99 Å². The number of carbonyl (C=O) groups excluding carboxylic acids is 1. The Morgan fingerprint density at radius 3 is 2.52 bits per heavy atom. The van der Waals surface area contributed by atoms with Crippen LogP contribution in [0, 0.1) is 0 Å². The van der Waals surface area contributed by atoms with Gasteiger partial charge in [0, 0.05) is 45.0 Å². The third-order valence-corrected chi connectivity index (χ3v) is 3.96. The average molecular weight is 489 g/mol. The van der Waals surface area contributed by atoms with Crippen molar-refractivity contribution in [3.63, 3.8) is 0 Å². The highest BCUT2D eigenvalue weighted by molar-refractivity contribution is 14.0. The van der Waals surface area contributed by atoms with Crippen LogP contribution in [0.4, 0.5) is 10.5 Å². The largest absolute Gasteiger partial charge is 0.444 e. The summed E-state index contributed by atoms with van der Waals surface area (Å²) in [6.07, 6.45) is 0.655. The van der Waals surface area contributed by atoms with E-state index in [0.717, 1.165) is 25.5 Å². The van der Waals surface area contributed by atoms with Crippen LogP contribution in [-0.2, 0) is 4.74 Å². The van der Waals surface area contributed by atoms with E-state index in [2.05, 4.69) is 50.1 Å². The van der Waals surface area contributed by atoms with Gasteiger partial charge in [-0.25, -0.2) is 4.79 Å². The van der Waals surface area contributed by atoms with E-state index in [4.69, 9.17) is 4.74 Å². The highest BCUT2D eigenvalue weighted by atomic mass is 127. The molecule has 1 heterocycles. The van der Waals surface area contributed by atoms with Gasteiger partial charge in [0.25, 0.3) is 0 Å². The van der Waals surface area contributed by atoms with Crippen molar-refractivity contribution >= 4 is 41.7 Å². The number of guanidine groups is 1. The lowest BCUT2D eigenvalue weighted by atomic mass is 10.2. The molecule has 1 fully saturated rings. The first-order chi connectivity index (χ1) is 12.4. The minimum atomic E-state index is -0.484. The molecule has 27 heavy (non-hydrogen) atoms. The summed E-state index contributed by atoms with van der Waals surface area (Å²) in [7, 11) is 1.75. The van der Waals surface area contributed by atoms with E-state index in [0.29, 0.717) is 19.1 Å². The van der Waals surface area contributed by atoms with E-state index in [1.54, 1.807) is 7.05 Å². The van der Waals surface area contributed by atoms with E-state index >= 15 is 0 Å². The molecule has 0 saturated carbocycles. The number of hydrogen-bond acceptors (Lipinski definition) is 4. The lowest BCUT2D eigenvalue weighted by molar-refractivity contribution is 0.0529. The molecule has 0 aliphatic carbocycles. The number of rotatable bonds is 5. The molecular formula is C19H32IN5O2. The molecule has 0 aromatic heterocycles. The Hall–Kier alpha value is -1.71. The molecule has 152 valence electrons. The minimum absolute atomic E-state index is 0. The molecule has 1 unspecified atom stereocenters. The molecule has 3 N–H and O–H groups in total. The van der Waals surface area contributed by atoms with Gasteiger partial charge >= 0.3 is 6.09 Å². The van der Waals surface area contributed by atoms with Crippen LogP contribution in [0.3, 0.4) is 0 Å². The quantitative estimate of drug-likeness (QED) is 0.257. The number of anilines is 1. The summed E-state index contributed by atoms with van der Waals surface area (Å²) in [5.74, 6) is 0.746. The first-order valence-corrected chi connectivity index (χ1v) is 9.11. The summed E-state index contributed by atoms with van der Waals surface area (Å²) in [5.41, 5.74) is 0.767. The van der Waals surface area contributed by atoms with E-state index in [1.807, 2.05) is 26.8 Å². The Labute approximate surface area is 179 Å². The van der Waals surface area contributed by atoms with Crippen LogP contribution in [0.2, 0.25) is 0 Å². The van der Waals surface area contributed by atoms with Gasteiger partial charge in [-0.05, 0) is 39.3 Å². The Morgan fingerprint density at radius 2 is 1.89 bits per heavy atom. The van der Waals surface area contributed by atoms with Gasteiger partial charge < -0.3 is 25.6 Å². The van der Waals surface area contributed by atoms with E-state index in [-0.39, 0.29) is 24.0 Å². The summed E-state index contributed by atoms with van der Waals surface area (Å²) in [4.78, 5) is 18.2. The average Bonchev–Trinajstić information content (AvgIpc) is 3.05. The second-order valence-electron chi connectivity index (χ2n) is 7.34. The van der Waals surface area contributed by atoms with Crippen LogP contribution >= 0.6 is 24.0 Å². The van der Waals surface area contributed by atoms with E-state index in [1.165, 1.54) is 5.69 Å². The Balaban J connectivity index is 0.00000364. The lowest BCUT2D eigenvalue weighted by Crippen LogP contribution is -2.46. The lowest BCUT2D eigenvalue weighted by Gasteiger charge is -2.21. The molecule has 8 heteroatoms. The number of aliphatic imine (C=N–C) groups is 1. The van der Waals surface area contributed by atoms with Gasteiger partial charge in [-0.15, -0.1) is 24.0 Å². The maximum Gasteiger partial charge on any atom is 0.407 e. The minimum Gasteiger partial charge on any atom is -0.444 e. The van der Waals surface area contributed by atoms with Crippen LogP contribution in [0.1, 0.15) is 27.2 Å². The summed E-state index contributed by atoms with van der Waals surface area (Å²) in [6, 6.07) is 10.8. The molecule has 7 nitrogen and oxygen atoms in total. The third kappa shape index (κ3) is 8.68.